The third-order valence-electron chi connectivity index (χ3n) is 7.99. The third kappa shape index (κ3) is 4.26. The van der Waals surface area contributed by atoms with E-state index in [1.165, 1.54) is 11.5 Å². The van der Waals surface area contributed by atoms with Crippen LogP contribution in [-0.4, -0.2) is 50.3 Å². The topological polar surface area (TPSA) is 85.2 Å². The number of nitrogens with one attached hydrogen (secondary N) is 1. The number of pyridine rings is 1. The number of amides is 1. The summed E-state index contributed by atoms with van der Waals surface area (Å²) in [6, 6.07) is 4.20. The molecule has 3 aliphatic rings. The van der Waals surface area contributed by atoms with Gasteiger partial charge in [-0.2, -0.15) is 9.47 Å². The molecule has 2 aliphatic heterocycles. The number of rotatable bonds is 6. The van der Waals surface area contributed by atoms with Gasteiger partial charge in [0.25, 0.3) is 12.3 Å². The van der Waals surface area contributed by atoms with Crippen molar-refractivity contribution in [3.05, 3.63) is 29.7 Å². The van der Waals surface area contributed by atoms with E-state index in [0.29, 0.717) is 30.0 Å². The SMILES string of the molecule is CC(C)C1CCC(n2cc(NC(=O)c3nsc4ccc(N5CC6CC5CO6)nc34)c(C(F)F)n2)CC1. The molecule has 1 N–H and O–H groups in total. The van der Waals surface area contributed by atoms with E-state index in [0.717, 1.165) is 49.2 Å². The highest BCUT2D eigenvalue weighted by Crippen LogP contribution is 2.38. The molecule has 8 nitrogen and oxygen atoms in total. The summed E-state index contributed by atoms with van der Waals surface area (Å²) in [5.74, 6) is 1.50. The van der Waals surface area contributed by atoms with Crippen LogP contribution < -0.4 is 10.2 Å². The van der Waals surface area contributed by atoms with Crippen LogP contribution in [0, 0.1) is 11.8 Å². The number of morpholine rings is 1. The van der Waals surface area contributed by atoms with Gasteiger partial charge in [-0.05, 0) is 67.6 Å². The Morgan fingerprint density at radius 1 is 1.19 bits per heavy atom. The zero-order chi connectivity index (χ0) is 25.0. The van der Waals surface area contributed by atoms with E-state index in [1.807, 2.05) is 12.1 Å². The van der Waals surface area contributed by atoms with Gasteiger partial charge in [0.15, 0.2) is 11.4 Å². The Labute approximate surface area is 212 Å². The number of hydrogen-bond acceptors (Lipinski definition) is 7. The van der Waals surface area contributed by atoms with Crippen molar-refractivity contribution in [2.24, 2.45) is 11.8 Å². The standard InChI is InChI=1S/C25H30F2N6O2S/c1-13(2)14-3-5-15(6-4-14)33-11-18(21(30-33)24(26)27)28-25(34)23-22-19(36-31-23)7-8-20(29-22)32-10-17-9-16(32)12-35-17/h7-8,11,13-17,24H,3-6,9-10,12H2,1-2H3,(H,28,34). The number of fused-ring (bicyclic) bond motifs is 3. The van der Waals surface area contributed by atoms with Crippen molar-refractivity contribution >= 4 is 39.2 Å². The lowest BCUT2D eigenvalue weighted by Gasteiger charge is -2.30. The fourth-order valence-electron chi connectivity index (χ4n) is 5.87. The summed E-state index contributed by atoms with van der Waals surface area (Å²) in [4.78, 5) is 20.2. The smallest absolute Gasteiger partial charge is 0.284 e. The lowest BCUT2D eigenvalue weighted by molar-refractivity contribution is 0.0988. The van der Waals surface area contributed by atoms with E-state index in [9.17, 15) is 13.6 Å². The minimum Gasteiger partial charge on any atom is -0.374 e. The van der Waals surface area contributed by atoms with Crippen molar-refractivity contribution in [1.29, 1.82) is 0 Å². The Morgan fingerprint density at radius 2 is 2.00 bits per heavy atom. The van der Waals surface area contributed by atoms with Crippen LogP contribution in [0.2, 0.25) is 0 Å². The van der Waals surface area contributed by atoms with Gasteiger partial charge in [0.1, 0.15) is 11.3 Å². The van der Waals surface area contributed by atoms with Gasteiger partial charge in [-0.25, -0.2) is 13.8 Å². The number of hydrogen-bond donors (Lipinski definition) is 1. The molecule has 36 heavy (non-hydrogen) atoms. The maximum Gasteiger partial charge on any atom is 0.284 e. The molecule has 2 atom stereocenters. The van der Waals surface area contributed by atoms with Gasteiger partial charge in [0.05, 0.1) is 35.2 Å². The summed E-state index contributed by atoms with van der Waals surface area (Å²) in [6.07, 6.45) is 3.86. The van der Waals surface area contributed by atoms with Gasteiger partial charge in [0, 0.05) is 12.7 Å². The van der Waals surface area contributed by atoms with E-state index < -0.39 is 18.0 Å². The summed E-state index contributed by atoms with van der Waals surface area (Å²) in [7, 11) is 0. The fraction of sp³-hybridized carbons (Fsp3) is 0.600. The van der Waals surface area contributed by atoms with E-state index in [2.05, 4.69) is 33.5 Å². The predicted molar refractivity (Wildman–Crippen MR) is 134 cm³/mol. The zero-order valence-electron chi connectivity index (χ0n) is 20.4. The number of aromatic nitrogens is 4. The third-order valence-corrected chi connectivity index (χ3v) is 8.79. The second kappa shape index (κ2) is 9.33. The Morgan fingerprint density at radius 3 is 2.67 bits per heavy atom. The highest BCUT2D eigenvalue weighted by atomic mass is 32.1. The lowest BCUT2D eigenvalue weighted by atomic mass is 9.80. The van der Waals surface area contributed by atoms with Gasteiger partial charge in [-0.3, -0.25) is 9.48 Å². The fourth-order valence-corrected chi connectivity index (χ4v) is 6.59. The number of alkyl halides is 2. The van der Waals surface area contributed by atoms with Crippen LogP contribution in [0.1, 0.15) is 74.6 Å². The van der Waals surface area contributed by atoms with E-state index in [4.69, 9.17) is 9.72 Å². The first kappa shape index (κ1) is 23.7. The van der Waals surface area contributed by atoms with Crippen LogP contribution in [-0.2, 0) is 4.74 Å². The van der Waals surface area contributed by atoms with Crippen LogP contribution in [0.4, 0.5) is 20.3 Å². The molecule has 2 saturated heterocycles. The molecule has 0 aromatic carbocycles. The van der Waals surface area contributed by atoms with Crippen LogP contribution in [0.25, 0.3) is 10.2 Å². The average Bonchev–Trinajstić information content (AvgIpc) is 3.66. The van der Waals surface area contributed by atoms with Crippen molar-refractivity contribution < 1.29 is 18.3 Å². The normalized spacial score (nSPS) is 26.0. The van der Waals surface area contributed by atoms with E-state index >= 15 is 0 Å². The van der Waals surface area contributed by atoms with Crippen molar-refractivity contribution in [2.45, 2.75) is 70.6 Å². The van der Waals surface area contributed by atoms with Crippen LogP contribution in [0.5, 0.6) is 0 Å². The number of ether oxygens (including phenoxy) is 1. The second-order valence-electron chi connectivity index (χ2n) is 10.5. The van der Waals surface area contributed by atoms with E-state index in [-0.39, 0.29) is 23.5 Å². The number of halogens is 2. The quantitative estimate of drug-likeness (QED) is 0.470. The molecule has 3 fully saturated rings. The Balaban J connectivity index is 1.23. The zero-order valence-corrected chi connectivity index (χ0v) is 21.2. The molecule has 0 radical (unpaired) electrons. The summed E-state index contributed by atoms with van der Waals surface area (Å²) in [6.45, 7) is 5.91. The predicted octanol–water partition coefficient (Wildman–Crippen LogP) is 5.44. The first-order valence-corrected chi connectivity index (χ1v) is 13.5. The first-order valence-electron chi connectivity index (χ1n) is 12.7. The maximum atomic E-state index is 13.9. The lowest BCUT2D eigenvalue weighted by Crippen LogP contribution is -2.37. The molecule has 2 bridgehead atoms. The minimum absolute atomic E-state index is 0.0345. The Hall–Kier alpha value is -2.66. The molecule has 5 heterocycles. The van der Waals surface area contributed by atoms with Crippen molar-refractivity contribution in [1.82, 2.24) is 19.1 Å². The van der Waals surface area contributed by atoms with Gasteiger partial charge < -0.3 is 15.0 Å². The highest BCUT2D eigenvalue weighted by Gasteiger charge is 2.39. The summed E-state index contributed by atoms with van der Waals surface area (Å²) in [5, 5.41) is 6.85. The number of carbonyl (C=O) groups is 1. The maximum absolute atomic E-state index is 13.9. The van der Waals surface area contributed by atoms with Crippen LogP contribution in [0.3, 0.4) is 0 Å². The molecule has 3 aromatic heterocycles. The summed E-state index contributed by atoms with van der Waals surface area (Å²) >= 11 is 1.17. The van der Waals surface area contributed by atoms with Gasteiger partial charge in [-0.1, -0.05) is 13.8 Å². The van der Waals surface area contributed by atoms with Crippen molar-refractivity contribution in [2.75, 3.05) is 23.4 Å². The molecule has 6 rings (SSSR count). The van der Waals surface area contributed by atoms with Crippen LogP contribution >= 0.6 is 11.5 Å². The largest absolute Gasteiger partial charge is 0.374 e. The Bertz CT molecular complexity index is 1270. The molecular weight excluding hydrogens is 486 g/mol. The molecule has 11 heteroatoms. The molecule has 1 aliphatic carbocycles. The number of carbonyl (C=O) groups excluding carboxylic acids is 1. The molecule has 3 aromatic rings. The average molecular weight is 517 g/mol. The molecule has 192 valence electrons. The monoisotopic (exact) mass is 516 g/mol. The summed E-state index contributed by atoms with van der Waals surface area (Å²) in [5.41, 5.74) is 0.252. The minimum atomic E-state index is -2.79. The summed E-state index contributed by atoms with van der Waals surface area (Å²) < 4.78 is 40.1. The molecular formula is C25H30F2N6O2S. The highest BCUT2D eigenvalue weighted by molar-refractivity contribution is 7.13. The van der Waals surface area contributed by atoms with Crippen LogP contribution in [0.15, 0.2) is 18.3 Å². The van der Waals surface area contributed by atoms with Crippen molar-refractivity contribution in [3.63, 3.8) is 0 Å². The van der Waals surface area contributed by atoms with E-state index in [1.54, 1.807) is 10.9 Å². The molecule has 1 amide bonds. The van der Waals surface area contributed by atoms with Gasteiger partial charge in [0.2, 0.25) is 0 Å². The number of anilines is 2. The van der Waals surface area contributed by atoms with Crippen molar-refractivity contribution in [3.8, 4) is 0 Å². The second-order valence-corrected chi connectivity index (χ2v) is 11.3. The number of nitrogens with zero attached hydrogens (tertiary/aromatic N) is 5. The Kier molecular flexibility index (Phi) is 6.15. The molecule has 2 unspecified atom stereocenters. The first-order chi connectivity index (χ1) is 17.4. The van der Waals surface area contributed by atoms with Gasteiger partial charge in [-0.15, -0.1) is 0 Å². The molecule has 0 spiro atoms. The van der Waals surface area contributed by atoms with Gasteiger partial charge >= 0.3 is 0 Å². The molecule has 1 saturated carbocycles.